The van der Waals surface area contributed by atoms with Gasteiger partial charge >= 0.3 is 5.97 Å². The lowest BCUT2D eigenvalue weighted by Gasteiger charge is -2.07. The zero-order valence-corrected chi connectivity index (χ0v) is 14.3. The minimum atomic E-state index is -0.343. The van der Waals surface area contributed by atoms with Crippen molar-refractivity contribution in [2.45, 2.75) is 20.3 Å². The predicted octanol–water partition coefficient (Wildman–Crippen LogP) is 3.28. The number of hydrogen-bond acceptors (Lipinski definition) is 7. The molecule has 0 fully saturated rings. The van der Waals surface area contributed by atoms with Gasteiger partial charge in [0.1, 0.15) is 15.5 Å². The zero-order chi connectivity index (χ0) is 16.1. The molecule has 2 aromatic rings. The molecule has 0 bridgehead atoms. The van der Waals surface area contributed by atoms with E-state index in [0.717, 1.165) is 17.4 Å². The predicted molar refractivity (Wildman–Crippen MR) is 88.1 cm³/mol. The number of hydrogen-bond donors (Lipinski definition) is 1. The normalized spacial score (nSPS) is 10.9. The molecule has 120 valence electrons. The monoisotopic (exact) mass is 343 g/mol. The first kappa shape index (κ1) is 16.9. The summed E-state index contributed by atoms with van der Waals surface area (Å²) in [4.78, 5) is 21.7. The lowest BCUT2D eigenvalue weighted by atomic mass is 10.2. The van der Waals surface area contributed by atoms with Crippen molar-refractivity contribution >= 4 is 44.9 Å². The van der Waals surface area contributed by atoms with E-state index >= 15 is 0 Å². The van der Waals surface area contributed by atoms with E-state index in [2.05, 4.69) is 15.3 Å². The third kappa shape index (κ3) is 3.66. The molecule has 0 amide bonds. The summed E-state index contributed by atoms with van der Waals surface area (Å²) < 4.78 is 10.1. The van der Waals surface area contributed by atoms with Crippen LogP contribution in [0.2, 0.25) is 5.28 Å². The molecule has 1 N–H and O–H groups in total. The number of thiophene rings is 1. The highest BCUT2D eigenvalue weighted by molar-refractivity contribution is 7.20. The molecule has 0 unspecified atom stereocenters. The van der Waals surface area contributed by atoms with Crippen molar-refractivity contribution in [2.24, 2.45) is 0 Å². The van der Waals surface area contributed by atoms with E-state index < -0.39 is 0 Å². The van der Waals surface area contributed by atoms with Gasteiger partial charge in [-0.05, 0) is 37.4 Å². The summed E-state index contributed by atoms with van der Waals surface area (Å²) in [7, 11) is 1.66. The molecule has 0 saturated carbocycles. The fourth-order valence-electron chi connectivity index (χ4n) is 2.06. The van der Waals surface area contributed by atoms with Gasteiger partial charge in [-0.25, -0.2) is 14.8 Å². The molecule has 22 heavy (non-hydrogen) atoms. The number of rotatable bonds is 7. The van der Waals surface area contributed by atoms with E-state index in [1.165, 1.54) is 11.3 Å². The lowest BCUT2D eigenvalue weighted by molar-refractivity contribution is 0.0531. The SMILES string of the molecule is CCOC(=O)c1sc2nc(Cl)nc(NCCCOC)c2c1C. The Morgan fingerprint density at radius 3 is 2.86 bits per heavy atom. The van der Waals surface area contributed by atoms with Crippen LogP contribution in [0.4, 0.5) is 5.82 Å². The van der Waals surface area contributed by atoms with Gasteiger partial charge in [0.15, 0.2) is 0 Å². The standard InChI is InChI=1S/C14H18ClN3O3S/c1-4-21-13(19)10-8(2)9-11(16-6-5-7-20-3)17-14(15)18-12(9)22-10/h4-7H2,1-3H3,(H,16,17,18). The molecular weight excluding hydrogens is 326 g/mol. The van der Waals surface area contributed by atoms with E-state index in [1.54, 1.807) is 14.0 Å². The summed E-state index contributed by atoms with van der Waals surface area (Å²) >= 11 is 7.24. The molecule has 2 aromatic heterocycles. The number of methoxy groups -OCH3 is 1. The maximum Gasteiger partial charge on any atom is 0.348 e. The van der Waals surface area contributed by atoms with Crippen molar-refractivity contribution in [1.29, 1.82) is 0 Å². The highest BCUT2D eigenvalue weighted by atomic mass is 35.5. The number of halogens is 1. The summed E-state index contributed by atoms with van der Waals surface area (Å²) in [6.45, 7) is 5.33. The van der Waals surface area contributed by atoms with Crippen molar-refractivity contribution < 1.29 is 14.3 Å². The van der Waals surface area contributed by atoms with Crippen molar-refractivity contribution in [1.82, 2.24) is 9.97 Å². The Kier molecular flexibility index (Phi) is 5.93. The molecule has 0 atom stereocenters. The molecule has 0 aliphatic carbocycles. The van der Waals surface area contributed by atoms with Gasteiger partial charge in [-0.15, -0.1) is 11.3 Å². The Bertz CT molecular complexity index is 675. The number of fused-ring (bicyclic) bond motifs is 1. The van der Waals surface area contributed by atoms with Crippen LogP contribution in [-0.4, -0.2) is 42.8 Å². The number of nitrogens with zero attached hydrogens (tertiary/aromatic N) is 2. The minimum absolute atomic E-state index is 0.151. The number of esters is 1. The van der Waals surface area contributed by atoms with Crippen LogP contribution in [-0.2, 0) is 9.47 Å². The van der Waals surface area contributed by atoms with E-state index in [0.29, 0.717) is 35.3 Å². The first-order valence-corrected chi connectivity index (χ1v) is 8.14. The quantitative estimate of drug-likeness (QED) is 0.472. The zero-order valence-electron chi connectivity index (χ0n) is 12.7. The Labute approximate surface area is 137 Å². The molecule has 0 aromatic carbocycles. The van der Waals surface area contributed by atoms with Crippen LogP contribution in [0.3, 0.4) is 0 Å². The van der Waals surface area contributed by atoms with Crippen molar-refractivity contribution in [2.75, 3.05) is 32.2 Å². The van der Waals surface area contributed by atoms with Crippen molar-refractivity contribution in [3.05, 3.63) is 15.7 Å². The Hall–Kier alpha value is -1.44. The second-order valence-electron chi connectivity index (χ2n) is 4.57. The van der Waals surface area contributed by atoms with Gasteiger partial charge < -0.3 is 14.8 Å². The van der Waals surface area contributed by atoms with Gasteiger partial charge in [0.25, 0.3) is 0 Å². The summed E-state index contributed by atoms with van der Waals surface area (Å²) in [5.74, 6) is 0.292. The maximum atomic E-state index is 12.0. The number of ether oxygens (including phenoxy) is 2. The third-order valence-electron chi connectivity index (χ3n) is 3.04. The van der Waals surface area contributed by atoms with Crippen LogP contribution >= 0.6 is 22.9 Å². The average molecular weight is 344 g/mol. The summed E-state index contributed by atoms with van der Waals surface area (Å²) in [6, 6.07) is 0. The van der Waals surface area contributed by atoms with Crippen LogP contribution in [0.15, 0.2) is 0 Å². The first-order chi connectivity index (χ1) is 10.6. The number of nitrogens with one attached hydrogen (secondary N) is 1. The van der Waals surface area contributed by atoms with Crippen LogP contribution in [0, 0.1) is 6.92 Å². The fraction of sp³-hybridized carbons (Fsp3) is 0.500. The molecule has 0 spiro atoms. The number of aryl methyl sites for hydroxylation is 1. The molecule has 0 radical (unpaired) electrons. The summed E-state index contributed by atoms with van der Waals surface area (Å²) in [6.07, 6.45) is 0.841. The number of aromatic nitrogens is 2. The summed E-state index contributed by atoms with van der Waals surface area (Å²) in [5.41, 5.74) is 0.810. The van der Waals surface area contributed by atoms with Gasteiger partial charge in [0, 0.05) is 20.3 Å². The van der Waals surface area contributed by atoms with Gasteiger partial charge in [0.05, 0.1) is 12.0 Å². The van der Waals surface area contributed by atoms with Gasteiger partial charge in [-0.1, -0.05) is 0 Å². The first-order valence-electron chi connectivity index (χ1n) is 6.95. The second kappa shape index (κ2) is 7.71. The van der Waals surface area contributed by atoms with E-state index in [9.17, 15) is 4.79 Å². The van der Waals surface area contributed by atoms with Crippen LogP contribution < -0.4 is 5.32 Å². The third-order valence-corrected chi connectivity index (χ3v) is 4.38. The largest absolute Gasteiger partial charge is 0.462 e. The molecule has 0 aliphatic rings. The van der Waals surface area contributed by atoms with E-state index in [-0.39, 0.29) is 11.3 Å². The average Bonchev–Trinajstić information content (AvgIpc) is 2.80. The van der Waals surface area contributed by atoms with Gasteiger partial charge in [-0.3, -0.25) is 0 Å². The van der Waals surface area contributed by atoms with Gasteiger partial charge in [0.2, 0.25) is 5.28 Å². The Morgan fingerprint density at radius 2 is 2.18 bits per heavy atom. The van der Waals surface area contributed by atoms with Crippen LogP contribution in [0.5, 0.6) is 0 Å². The highest BCUT2D eigenvalue weighted by Gasteiger charge is 2.21. The lowest BCUT2D eigenvalue weighted by Crippen LogP contribution is -2.07. The van der Waals surface area contributed by atoms with E-state index in [4.69, 9.17) is 21.1 Å². The fourth-order valence-corrected chi connectivity index (χ4v) is 3.35. The molecule has 8 heteroatoms. The molecule has 2 heterocycles. The van der Waals surface area contributed by atoms with Crippen molar-refractivity contribution in [3.63, 3.8) is 0 Å². The Morgan fingerprint density at radius 1 is 1.41 bits per heavy atom. The van der Waals surface area contributed by atoms with Crippen molar-refractivity contribution in [3.8, 4) is 0 Å². The minimum Gasteiger partial charge on any atom is -0.462 e. The molecule has 0 saturated heterocycles. The van der Waals surface area contributed by atoms with Gasteiger partial charge in [-0.2, -0.15) is 0 Å². The smallest absolute Gasteiger partial charge is 0.348 e. The topological polar surface area (TPSA) is 73.3 Å². The van der Waals surface area contributed by atoms with E-state index in [1.807, 2.05) is 6.92 Å². The maximum absolute atomic E-state index is 12.0. The van der Waals surface area contributed by atoms with Crippen LogP contribution in [0.25, 0.3) is 10.2 Å². The second-order valence-corrected chi connectivity index (χ2v) is 5.91. The summed E-state index contributed by atoms with van der Waals surface area (Å²) in [5, 5.41) is 4.19. The molecule has 2 rings (SSSR count). The highest BCUT2D eigenvalue weighted by Crippen LogP contribution is 2.35. The van der Waals surface area contributed by atoms with Crippen LogP contribution in [0.1, 0.15) is 28.6 Å². The molecule has 0 aliphatic heterocycles. The molecule has 6 nitrogen and oxygen atoms in total. The number of anilines is 1. The number of carbonyl (C=O) groups excluding carboxylic acids is 1. The molecular formula is C14H18ClN3O3S. The Balaban J connectivity index is 2.37. The number of carbonyl (C=O) groups is 1.